The summed E-state index contributed by atoms with van der Waals surface area (Å²) in [6.45, 7) is 5.15. The molecular formula is C68H64O24. The molecule has 12 N–H and O–H groups in total. The van der Waals surface area contributed by atoms with Gasteiger partial charge in [0.2, 0.25) is 0 Å². The Kier molecular flexibility index (Phi) is 18.5. The van der Waals surface area contributed by atoms with Crippen molar-refractivity contribution in [3.05, 3.63) is 188 Å². The Bertz CT molecular complexity index is 3560. The first-order chi connectivity index (χ1) is 43.7. The summed E-state index contributed by atoms with van der Waals surface area (Å²) in [7, 11) is 5.12. The van der Waals surface area contributed by atoms with Gasteiger partial charge in [-0.05, 0) is 123 Å². The standard InChI is InChI=1S/C68H64O24/c1-29(65(77)78)89-53-13-9-33(17-57(53)85-5)61-37-21-39(47(71)25-45(37)69)62(34-10-14-54(58(18-34)86-6)90-30(2)66(79)80)41-23-43(51(75)27-49(41)73)64(36-12-16-56(60(20-36)88-8)92-32(4)68(83)84)44-24-42(50(74)28-52(44)76)63(40-22-38(61)46(70)26-48(40)72)35-11-15-55(59(19-35)87-7)91-31(3)67(81)82/h9-32,61-64,69-76H,1-8H3,(H,77,78)(H,79,80)(H,81,82)(H,83,84). The lowest BCUT2D eigenvalue weighted by Gasteiger charge is -2.30. The van der Waals surface area contributed by atoms with Gasteiger partial charge >= 0.3 is 23.9 Å². The van der Waals surface area contributed by atoms with Crippen molar-refractivity contribution in [2.24, 2.45) is 0 Å². The Hall–Kier alpha value is -11.6. The van der Waals surface area contributed by atoms with Crippen LogP contribution in [0.3, 0.4) is 0 Å². The van der Waals surface area contributed by atoms with E-state index in [0.717, 1.165) is 24.3 Å². The summed E-state index contributed by atoms with van der Waals surface area (Å²) in [5.41, 5.74) is -0.164. The quantitative estimate of drug-likeness (QED) is 0.0337. The van der Waals surface area contributed by atoms with Gasteiger partial charge in [-0.15, -0.1) is 0 Å². The summed E-state index contributed by atoms with van der Waals surface area (Å²) in [4.78, 5) is 48.2. The minimum atomic E-state index is -1.45. The number of phenols is 8. The normalized spacial score (nSPS) is 16.3. The fourth-order valence-corrected chi connectivity index (χ4v) is 11.2. The first-order valence-electron chi connectivity index (χ1n) is 28.2. The van der Waals surface area contributed by atoms with E-state index in [4.69, 9.17) is 37.9 Å². The molecule has 0 aromatic heterocycles. The molecule has 4 unspecified atom stereocenters. The van der Waals surface area contributed by atoms with Gasteiger partial charge in [-0.3, -0.25) is 0 Å². The van der Waals surface area contributed by atoms with Crippen LogP contribution in [0.4, 0.5) is 0 Å². The number of benzene rings is 8. The summed E-state index contributed by atoms with van der Waals surface area (Å²) in [5.74, 6) is -16.3. The van der Waals surface area contributed by atoms with E-state index in [9.17, 15) is 80.5 Å². The van der Waals surface area contributed by atoms with Crippen molar-refractivity contribution in [2.75, 3.05) is 28.4 Å². The minimum absolute atomic E-state index is 0.0408. The number of aromatic hydroxyl groups is 8. The molecule has 24 nitrogen and oxygen atoms in total. The Morgan fingerprint density at radius 2 is 0.435 bits per heavy atom. The van der Waals surface area contributed by atoms with Crippen molar-refractivity contribution in [3.8, 4) is 92.0 Å². The molecule has 1 aliphatic rings. The lowest BCUT2D eigenvalue weighted by molar-refractivity contribution is -0.145. The second-order valence-corrected chi connectivity index (χ2v) is 21.6. The van der Waals surface area contributed by atoms with Crippen LogP contribution in [-0.2, 0) is 19.2 Å². The van der Waals surface area contributed by atoms with E-state index in [1.807, 2.05) is 0 Å². The van der Waals surface area contributed by atoms with E-state index in [1.165, 1.54) is 153 Å². The van der Waals surface area contributed by atoms with Crippen LogP contribution in [0.15, 0.2) is 121 Å². The topological polar surface area (TPSA) is 385 Å². The van der Waals surface area contributed by atoms with Crippen molar-refractivity contribution in [1.29, 1.82) is 0 Å². The third-order valence-electron chi connectivity index (χ3n) is 15.9. The van der Waals surface area contributed by atoms with Gasteiger partial charge < -0.3 is 99.2 Å². The fraction of sp³-hybridized carbons (Fsp3) is 0.235. The highest BCUT2D eigenvalue weighted by molar-refractivity contribution is 5.75. The highest BCUT2D eigenvalue weighted by Gasteiger charge is 2.37. The molecule has 0 amide bonds. The summed E-state index contributed by atoms with van der Waals surface area (Å²) in [6.07, 6.45) is -5.56. The Balaban J connectivity index is 1.47. The summed E-state index contributed by atoms with van der Waals surface area (Å²) >= 11 is 0. The van der Waals surface area contributed by atoms with E-state index < -0.39 is 118 Å². The van der Waals surface area contributed by atoms with Gasteiger partial charge in [0.15, 0.2) is 70.4 Å². The largest absolute Gasteiger partial charge is 0.507 e. The number of carboxylic acid groups (broad SMARTS) is 4. The van der Waals surface area contributed by atoms with E-state index in [0.29, 0.717) is 0 Å². The molecule has 4 atom stereocenters. The number of ether oxygens (including phenoxy) is 8. The first-order valence-corrected chi connectivity index (χ1v) is 28.2. The molecule has 0 fully saturated rings. The second-order valence-electron chi connectivity index (χ2n) is 21.6. The molecule has 0 saturated carbocycles. The molecule has 8 bridgehead atoms. The zero-order valence-corrected chi connectivity index (χ0v) is 50.4. The van der Waals surface area contributed by atoms with Crippen LogP contribution in [0.25, 0.3) is 0 Å². The molecule has 8 aromatic rings. The van der Waals surface area contributed by atoms with Gasteiger partial charge in [0.1, 0.15) is 46.0 Å². The SMILES string of the molecule is COc1cc(C2c3cc(c(O)cc3O)C(c3ccc(OC(C)C(=O)O)c(OC)c3)c3cc(c(O)cc3O)C(c3ccc(OC(C)C(=O)O)c(OC)c3)c3cc(c(O)cc3O)C(c3ccc(OC(C)C(=O)O)c(OC)c3)c3cc2c(O)cc3O)ccc1OC(C)C(=O)O. The molecular weight excluding hydrogens is 1200 g/mol. The number of carbonyl (C=O) groups is 4. The number of carboxylic acids is 4. The average Bonchev–Trinajstić information content (AvgIpc) is 0.752. The number of fused-ring (bicyclic) bond motifs is 8. The van der Waals surface area contributed by atoms with Crippen LogP contribution in [0.2, 0.25) is 0 Å². The highest BCUT2D eigenvalue weighted by Crippen LogP contribution is 2.55. The van der Waals surface area contributed by atoms with E-state index in [1.54, 1.807) is 0 Å². The molecule has 0 spiro atoms. The number of rotatable bonds is 20. The minimum Gasteiger partial charge on any atom is -0.507 e. The van der Waals surface area contributed by atoms with E-state index in [2.05, 4.69) is 0 Å². The summed E-state index contributed by atoms with van der Waals surface area (Å²) < 4.78 is 46.1. The predicted molar refractivity (Wildman–Crippen MR) is 326 cm³/mol. The van der Waals surface area contributed by atoms with Crippen molar-refractivity contribution >= 4 is 23.9 Å². The zero-order chi connectivity index (χ0) is 66.9. The van der Waals surface area contributed by atoms with Crippen molar-refractivity contribution in [3.63, 3.8) is 0 Å². The fourth-order valence-electron chi connectivity index (χ4n) is 11.2. The average molecular weight is 1270 g/mol. The van der Waals surface area contributed by atoms with E-state index >= 15 is 0 Å². The molecule has 0 radical (unpaired) electrons. The number of hydrogen-bond donors (Lipinski definition) is 12. The van der Waals surface area contributed by atoms with Gasteiger partial charge in [-0.2, -0.15) is 0 Å². The molecule has 480 valence electrons. The van der Waals surface area contributed by atoms with Crippen LogP contribution >= 0.6 is 0 Å². The van der Waals surface area contributed by atoms with Crippen molar-refractivity contribution in [1.82, 2.24) is 0 Å². The molecule has 9 rings (SSSR count). The smallest absolute Gasteiger partial charge is 0.344 e. The van der Waals surface area contributed by atoms with Crippen LogP contribution in [-0.4, -0.2) is 138 Å². The molecule has 0 aliphatic heterocycles. The third-order valence-corrected chi connectivity index (χ3v) is 15.9. The maximum atomic E-state index is 12.5. The van der Waals surface area contributed by atoms with Gasteiger partial charge in [0, 0.05) is 92.4 Å². The molecule has 1 aliphatic carbocycles. The molecule has 24 heteroatoms. The maximum absolute atomic E-state index is 12.5. The zero-order valence-electron chi connectivity index (χ0n) is 50.4. The van der Waals surface area contributed by atoms with Gasteiger partial charge in [0.05, 0.1) is 28.4 Å². The summed E-state index contributed by atoms with van der Waals surface area (Å²) in [5, 5.41) is 139. The number of phenolic OH excluding ortho intramolecular Hbond substituents is 8. The van der Waals surface area contributed by atoms with Crippen LogP contribution < -0.4 is 37.9 Å². The maximum Gasteiger partial charge on any atom is 0.344 e. The van der Waals surface area contributed by atoms with Gasteiger partial charge in [0.25, 0.3) is 0 Å². The van der Waals surface area contributed by atoms with Crippen molar-refractivity contribution in [2.45, 2.75) is 75.8 Å². The Morgan fingerprint density at radius 1 is 0.272 bits per heavy atom. The monoisotopic (exact) mass is 1260 g/mol. The lowest BCUT2D eigenvalue weighted by Crippen LogP contribution is -2.23. The van der Waals surface area contributed by atoms with Crippen LogP contribution in [0.5, 0.6) is 92.0 Å². The molecule has 92 heavy (non-hydrogen) atoms. The first kappa shape index (κ1) is 64.9. The summed E-state index contributed by atoms with van der Waals surface area (Å²) in [6, 6.07) is 26.5. The van der Waals surface area contributed by atoms with Crippen LogP contribution in [0, 0.1) is 0 Å². The Labute approximate surface area is 524 Å². The van der Waals surface area contributed by atoms with Gasteiger partial charge in [-0.25, -0.2) is 19.2 Å². The van der Waals surface area contributed by atoms with Crippen molar-refractivity contribution < 1.29 is 118 Å². The predicted octanol–water partition coefficient (Wildman–Crippen LogP) is 9.81. The number of methoxy groups -OCH3 is 4. The Morgan fingerprint density at radius 3 is 0.576 bits per heavy atom. The molecule has 0 heterocycles. The van der Waals surface area contributed by atoms with Crippen LogP contribution in [0.1, 0.15) is 118 Å². The molecule has 8 aromatic carbocycles. The lowest BCUT2D eigenvalue weighted by atomic mass is 9.75. The number of aliphatic carboxylic acids is 4. The second kappa shape index (κ2) is 26.3. The molecule has 0 saturated heterocycles. The van der Waals surface area contributed by atoms with E-state index in [-0.39, 0.29) is 113 Å². The third kappa shape index (κ3) is 12.7. The highest BCUT2D eigenvalue weighted by atomic mass is 16.6. The number of hydrogen-bond acceptors (Lipinski definition) is 20. The van der Waals surface area contributed by atoms with Gasteiger partial charge in [-0.1, -0.05) is 24.3 Å².